The molecule has 8 heteroatoms. The summed E-state index contributed by atoms with van der Waals surface area (Å²) in [5.41, 5.74) is -0.255. The SMILES string of the molecule is COc1cn(Cc2ncc(-c3ccc(Br)cc3)o2)c(=O)[nH]c1=O. The summed E-state index contributed by atoms with van der Waals surface area (Å²) in [6.45, 7) is 0.0858. The van der Waals surface area contributed by atoms with Crippen molar-refractivity contribution in [1.29, 1.82) is 0 Å². The first-order chi connectivity index (χ1) is 11.1. The molecule has 0 saturated carbocycles. The van der Waals surface area contributed by atoms with Gasteiger partial charge in [-0.25, -0.2) is 9.78 Å². The van der Waals surface area contributed by atoms with Crippen LogP contribution < -0.4 is 16.0 Å². The fraction of sp³-hybridized carbons (Fsp3) is 0.133. The Bertz CT molecular complexity index is 940. The molecular formula is C15H12BrN3O4. The molecule has 23 heavy (non-hydrogen) atoms. The van der Waals surface area contributed by atoms with Crippen molar-refractivity contribution in [3.8, 4) is 17.1 Å². The van der Waals surface area contributed by atoms with Gasteiger partial charge in [0.1, 0.15) is 6.54 Å². The minimum atomic E-state index is -0.572. The van der Waals surface area contributed by atoms with Crippen molar-refractivity contribution in [1.82, 2.24) is 14.5 Å². The highest BCUT2D eigenvalue weighted by atomic mass is 79.9. The van der Waals surface area contributed by atoms with E-state index in [0.29, 0.717) is 11.7 Å². The van der Waals surface area contributed by atoms with Crippen LogP contribution in [0.25, 0.3) is 11.3 Å². The van der Waals surface area contributed by atoms with Gasteiger partial charge < -0.3 is 9.15 Å². The number of methoxy groups -OCH3 is 1. The fourth-order valence-corrected chi connectivity index (χ4v) is 2.29. The summed E-state index contributed by atoms with van der Waals surface area (Å²) in [6.07, 6.45) is 2.91. The third kappa shape index (κ3) is 3.26. The Morgan fingerprint density at radius 1 is 1.30 bits per heavy atom. The number of aromatic nitrogens is 3. The molecule has 3 rings (SSSR count). The second kappa shape index (κ2) is 6.25. The number of nitrogens with zero attached hydrogens (tertiary/aromatic N) is 2. The Morgan fingerprint density at radius 2 is 2.04 bits per heavy atom. The van der Waals surface area contributed by atoms with Crippen LogP contribution >= 0.6 is 15.9 Å². The average Bonchev–Trinajstić information content (AvgIpc) is 2.99. The molecule has 0 spiro atoms. The fourth-order valence-electron chi connectivity index (χ4n) is 2.03. The first kappa shape index (κ1) is 15.3. The van der Waals surface area contributed by atoms with E-state index in [0.717, 1.165) is 10.0 Å². The van der Waals surface area contributed by atoms with Crippen LogP contribution in [0.1, 0.15) is 5.89 Å². The van der Waals surface area contributed by atoms with Gasteiger partial charge in [0, 0.05) is 10.0 Å². The highest BCUT2D eigenvalue weighted by molar-refractivity contribution is 9.10. The lowest BCUT2D eigenvalue weighted by molar-refractivity contribution is 0.397. The number of benzene rings is 1. The maximum atomic E-state index is 11.8. The number of rotatable bonds is 4. The topological polar surface area (TPSA) is 90.1 Å². The zero-order valence-electron chi connectivity index (χ0n) is 12.1. The molecule has 1 N–H and O–H groups in total. The summed E-state index contributed by atoms with van der Waals surface area (Å²) in [7, 11) is 1.36. The number of oxazole rings is 1. The second-order valence-corrected chi connectivity index (χ2v) is 5.63. The van der Waals surface area contributed by atoms with E-state index in [4.69, 9.17) is 9.15 Å². The average molecular weight is 378 g/mol. The maximum Gasteiger partial charge on any atom is 0.329 e. The largest absolute Gasteiger partial charge is 0.490 e. The van der Waals surface area contributed by atoms with Crippen LogP contribution in [0, 0.1) is 0 Å². The Kier molecular flexibility index (Phi) is 4.16. The molecule has 0 aliphatic carbocycles. The van der Waals surface area contributed by atoms with Crippen LogP contribution in [0.2, 0.25) is 0 Å². The molecule has 0 atom stereocenters. The van der Waals surface area contributed by atoms with Crippen LogP contribution in [0.4, 0.5) is 0 Å². The van der Waals surface area contributed by atoms with Gasteiger partial charge >= 0.3 is 5.69 Å². The van der Waals surface area contributed by atoms with Gasteiger partial charge in [0.05, 0.1) is 19.5 Å². The molecule has 7 nitrogen and oxygen atoms in total. The molecule has 3 aromatic rings. The number of halogens is 1. The normalized spacial score (nSPS) is 10.7. The van der Waals surface area contributed by atoms with Gasteiger partial charge in [0.15, 0.2) is 5.76 Å². The van der Waals surface area contributed by atoms with E-state index in [9.17, 15) is 9.59 Å². The van der Waals surface area contributed by atoms with Gasteiger partial charge in [-0.15, -0.1) is 0 Å². The molecule has 0 aliphatic heterocycles. The highest BCUT2D eigenvalue weighted by Gasteiger charge is 2.10. The van der Waals surface area contributed by atoms with Crippen LogP contribution in [0.15, 0.2) is 55.1 Å². The van der Waals surface area contributed by atoms with Crippen molar-refractivity contribution in [3.63, 3.8) is 0 Å². The Hall–Kier alpha value is -2.61. The van der Waals surface area contributed by atoms with Gasteiger partial charge in [-0.2, -0.15) is 0 Å². The number of hydrogen-bond acceptors (Lipinski definition) is 5. The summed E-state index contributed by atoms with van der Waals surface area (Å²) in [5, 5.41) is 0. The molecule has 2 aromatic heterocycles. The number of aromatic amines is 1. The summed E-state index contributed by atoms with van der Waals surface area (Å²) >= 11 is 3.37. The summed E-state index contributed by atoms with van der Waals surface area (Å²) in [6, 6.07) is 7.58. The predicted octanol–water partition coefficient (Wildman–Crippen LogP) is 2.01. The molecule has 0 aliphatic rings. The Labute approximate surface area is 138 Å². The van der Waals surface area contributed by atoms with Gasteiger partial charge in [-0.1, -0.05) is 28.1 Å². The standard InChI is InChI=1S/C15H12BrN3O4/c1-22-12-7-19(15(21)18-14(12)20)8-13-17-6-11(23-13)9-2-4-10(16)5-3-9/h2-7H,8H2,1H3,(H,18,20,21). The lowest BCUT2D eigenvalue weighted by atomic mass is 10.2. The molecule has 2 heterocycles. The Morgan fingerprint density at radius 3 is 2.74 bits per heavy atom. The number of ether oxygens (including phenoxy) is 1. The molecule has 118 valence electrons. The van der Waals surface area contributed by atoms with E-state index in [1.807, 2.05) is 24.3 Å². The van der Waals surface area contributed by atoms with Crippen LogP contribution in [0.3, 0.4) is 0 Å². The molecule has 0 radical (unpaired) electrons. The van der Waals surface area contributed by atoms with Crippen molar-refractivity contribution in [2.24, 2.45) is 0 Å². The second-order valence-electron chi connectivity index (χ2n) is 4.71. The number of H-pyrrole nitrogens is 1. The third-order valence-electron chi connectivity index (χ3n) is 3.19. The summed E-state index contributed by atoms with van der Waals surface area (Å²) in [5.74, 6) is 0.986. The highest BCUT2D eigenvalue weighted by Crippen LogP contribution is 2.22. The lowest BCUT2D eigenvalue weighted by Crippen LogP contribution is -2.30. The zero-order valence-corrected chi connectivity index (χ0v) is 13.7. The van der Waals surface area contributed by atoms with E-state index in [1.165, 1.54) is 17.9 Å². The van der Waals surface area contributed by atoms with Crippen molar-refractivity contribution >= 4 is 15.9 Å². The quantitative estimate of drug-likeness (QED) is 0.750. The molecule has 0 unspecified atom stereocenters. The minimum Gasteiger partial charge on any atom is -0.490 e. The van der Waals surface area contributed by atoms with Crippen molar-refractivity contribution in [2.75, 3.05) is 7.11 Å². The molecule has 0 fully saturated rings. The van der Waals surface area contributed by atoms with Gasteiger partial charge in [0.25, 0.3) is 5.56 Å². The van der Waals surface area contributed by atoms with Crippen LogP contribution in [-0.4, -0.2) is 21.6 Å². The van der Waals surface area contributed by atoms with Crippen molar-refractivity contribution < 1.29 is 9.15 Å². The van der Waals surface area contributed by atoms with E-state index in [1.54, 1.807) is 6.20 Å². The first-order valence-electron chi connectivity index (χ1n) is 6.65. The monoisotopic (exact) mass is 377 g/mol. The maximum absolute atomic E-state index is 11.8. The van der Waals surface area contributed by atoms with E-state index < -0.39 is 11.2 Å². The molecule has 1 aromatic carbocycles. The predicted molar refractivity (Wildman–Crippen MR) is 86.6 cm³/mol. The van der Waals surface area contributed by atoms with E-state index in [2.05, 4.69) is 25.9 Å². The molecule has 0 bridgehead atoms. The third-order valence-corrected chi connectivity index (χ3v) is 3.71. The minimum absolute atomic E-state index is 0.0456. The van der Waals surface area contributed by atoms with E-state index in [-0.39, 0.29) is 12.3 Å². The molecule has 0 saturated heterocycles. The summed E-state index contributed by atoms with van der Waals surface area (Å²) < 4.78 is 12.8. The molecule has 0 amide bonds. The van der Waals surface area contributed by atoms with Crippen molar-refractivity contribution in [3.05, 3.63) is 67.9 Å². The zero-order chi connectivity index (χ0) is 16.4. The first-order valence-corrected chi connectivity index (χ1v) is 7.44. The number of hydrogen-bond donors (Lipinski definition) is 1. The van der Waals surface area contributed by atoms with Crippen LogP contribution in [-0.2, 0) is 6.54 Å². The lowest BCUT2D eigenvalue weighted by Gasteiger charge is -2.04. The van der Waals surface area contributed by atoms with Crippen LogP contribution in [0.5, 0.6) is 5.75 Å². The number of nitrogens with one attached hydrogen (secondary N) is 1. The molecular weight excluding hydrogens is 366 g/mol. The van der Waals surface area contributed by atoms with Gasteiger partial charge in [-0.05, 0) is 12.1 Å². The summed E-state index contributed by atoms with van der Waals surface area (Å²) in [4.78, 5) is 29.6. The smallest absolute Gasteiger partial charge is 0.329 e. The van der Waals surface area contributed by atoms with Gasteiger partial charge in [0.2, 0.25) is 11.6 Å². The van der Waals surface area contributed by atoms with Gasteiger partial charge in [-0.3, -0.25) is 14.3 Å². The van der Waals surface area contributed by atoms with Crippen molar-refractivity contribution in [2.45, 2.75) is 6.54 Å². The van der Waals surface area contributed by atoms with E-state index >= 15 is 0 Å². The Balaban J connectivity index is 1.89.